The Morgan fingerprint density at radius 2 is 1.86 bits per heavy atom. The average molecular weight is 432 g/mol. The standard InChI is InChI=1S/C23H20Cl2FNO2/c1-13(2)8-21-18(14-4-3-5-16(24)9-14)12-19(23(28)29)22(27-21)10-15-6-7-17(26)11-20(15)25/h3-7,9,11-13H,8,10H2,1-2H3,(H,28,29). The van der Waals surface area contributed by atoms with E-state index in [1.807, 2.05) is 12.1 Å². The third-order valence-corrected chi connectivity index (χ3v) is 5.11. The van der Waals surface area contributed by atoms with Crippen LogP contribution in [-0.4, -0.2) is 16.1 Å². The number of nitrogens with zero attached hydrogens (tertiary/aromatic N) is 1. The first-order valence-corrected chi connectivity index (χ1v) is 9.96. The summed E-state index contributed by atoms with van der Waals surface area (Å²) < 4.78 is 13.4. The van der Waals surface area contributed by atoms with Crippen molar-refractivity contribution in [2.75, 3.05) is 0 Å². The zero-order valence-electron chi connectivity index (χ0n) is 16.0. The quantitative estimate of drug-likeness (QED) is 0.473. The number of aromatic nitrogens is 1. The first-order chi connectivity index (χ1) is 13.7. The predicted octanol–water partition coefficient (Wildman–Crippen LogP) is 6.68. The normalized spacial score (nSPS) is 11.1. The van der Waals surface area contributed by atoms with Crippen molar-refractivity contribution in [3.8, 4) is 11.1 Å². The van der Waals surface area contributed by atoms with Crippen LogP contribution in [0.3, 0.4) is 0 Å². The van der Waals surface area contributed by atoms with Crippen molar-refractivity contribution >= 4 is 29.2 Å². The Bertz CT molecular complexity index is 1070. The highest BCUT2D eigenvalue weighted by molar-refractivity contribution is 6.31. The molecule has 2 aromatic carbocycles. The molecule has 0 aliphatic rings. The van der Waals surface area contributed by atoms with Crippen LogP contribution < -0.4 is 0 Å². The summed E-state index contributed by atoms with van der Waals surface area (Å²) in [5.41, 5.74) is 3.46. The third-order valence-electron chi connectivity index (χ3n) is 4.52. The Kier molecular flexibility index (Phi) is 6.56. The first-order valence-electron chi connectivity index (χ1n) is 9.20. The zero-order valence-corrected chi connectivity index (χ0v) is 17.6. The van der Waals surface area contributed by atoms with Crippen LogP contribution in [0.15, 0.2) is 48.5 Å². The minimum absolute atomic E-state index is 0.0906. The van der Waals surface area contributed by atoms with Gasteiger partial charge >= 0.3 is 5.97 Å². The molecule has 1 heterocycles. The summed E-state index contributed by atoms with van der Waals surface area (Å²) in [6.07, 6.45) is 0.869. The molecule has 0 unspecified atom stereocenters. The van der Waals surface area contributed by atoms with Gasteiger partial charge in [0.05, 0.1) is 11.3 Å². The van der Waals surface area contributed by atoms with Crippen molar-refractivity contribution in [1.29, 1.82) is 0 Å². The van der Waals surface area contributed by atoms with E-state index in [4.69, 9.17) is 28.2 Å². The highest BCUT2D eigenvalue weighted by Gasteiger charge is 2.19. The van der Waals surface area contributed by atoms with Crippen molar-refractivity contribution in [3.05, 3.63) is 86.9 Å². The lowest BCUT2D eigenvalue weighted by Crippen LogP contribution is -2.11. The number of carboxylic acid groups (broad SMARTS) is 1. The molecule has 150 valence electrons. The van der Waals surface area contributed by atoms with Crippen LogP contribution in [0.2, 0.25) is 10.0 Å². The van der Waals surface area contributed by atoms with Gasteiger partial charge in [0.25, 0.3) is 0 Å². The Morgan fingerprint density at radius 1 is 1.10 bits per heavy atom. The van der Waals surface area contributed by atoms with Gasteiger partial charge in [-0.05, 0) is 53.8 Å². The fourth-order valence-corrected chi connectivity index (χ4v) is 3.63. The molecule has 6 heteroatoms. The summed E-state index contributed by atoms with van der Waals surface area (Å²) in [4.78, 5) is 16.7. The van der Waals surface area contributed by atoms with Crippen LogP contribution in [0.4, 0.5) is 4.39 Å². The number of rotatable bonds is 6. The van der Waals surface area contributed by atoms with Crippen LogP contribution in [0, 0.1) is 11.7 Å². The number of hydrogen-bond acceptors (Lipinski definition) is 2. The van der Waals surface area contributed by atoms with E-state index in [0.29, 0.717) is 28.6 Å². The maximum atomic E-state index is 13.4. The van der Waals surface area contributed by atoms with E-state index >= 15 is 0 Å². The summed E-state index contributed by atoms with van der Waals surface area (Å²) in [5, 5.41) is 10.6. The Morgan fingerprint density at radius 3 is 2.48 bits per heavy atom. The highest BCUT2D eigenvalue weighted by Crippen LogP contribution is 2.30. The molecule has 0 fully saturated rings. The molecule has 3 aromatic rings. The summed E-state index contributed by atoms with van der Waals surface area (Å²) in [6, 6.07) is 13.0. The molecule has 0 aliphatic heterocycles. The molecule has 0 amide bonds. The summed E-state index contributed by atoms with van der Waals surface area (Å²) in [6.45, 7) is 4.15. The van der Waals surface area contributed by atoms with E-state index in [-0.39, 0.29) is 17.0 Å². The van der Waals surface area contributed by atoms with Gasteiger partial charge in [-0.1, -0.05) is 55.2 Å². The van der Waals surface area contributed by atoms with Gasteiger partial charge in [-0.15, -0.1) is 0 Å². The lowest BCUT2D eigenvalue weighted by molar-refractivity contribution is 0.0695. The monoisotopic (exact) mass is 431 g/mol. The largest absolute Gasteiger partial charge is 0.478 e. The van der Waals surface area contributed by atoms with Crippen LogP contribution in [0.1, 0.15) is 41.2 Å². The van der Waals surface area contributed by atoms with Crippen LogP contribution in [-0.2, 0) is 12.8 Å². The Balaban J connectivity index is 2.16. The van der Waals surface area contributed by atoms with E-state index in [0.717, 1.165) is 16.8 Å². The molecule has 3 nitrogen and oxygen atoms in total. The topological polar surface area (TPSA) is 50.2 Å². The van der Waals surface area contributed by atoms with E-state index < -0.39 is 11.8 Å². The summed E-state index contributed by atoms with van der Waals surface area (Å²) in [7, 11) is 0. The van der Waals surface area contributed by atoms with E-state index in [2.05, 4.69) is 13.8 Å². The molecule has 0 saturated heterocycles. The van der Waals surface area contributed by atoms with Crippen LogP contribution >= 0.6 is 23.2 Å². The van der Waals surface area contributed by atoms with Crippen molar-refractivity contribution in [3.63, 3.8) is 0 Å². The Labute approximate surface area is 179 Å². The molecule has 0 aliphatic carbocycles. The second-order valence-electron chi connectivity index (χ2n) is 7.30. The fraction of sp³-hybridized carbons (Fsp3) is 0.217. The fourth-order valence-electron chi connectivity index (χ4n) is 3.21. The molecule has 0 atom stereocenters. The number of carbonyl (C=O) groups is 1. The predicted molar refractivity (Wildman–Crippen MR) is 114 cm³/mol. The third kappa shape index (κ3) is 5.14. The molecule has 29 heavy (non-hydrogen) atoms. The molecule has 1 N–H and O–H groups in total. The maximum Gasteiger partial charge on any atom is 0.337 e. The smallest absolute Gasteiger partial charge is 0.337 e. The van der Waals surface area contributed by atoms with Crippen molar-refractivity contribution in [2.45, 2.75) is 26.7 Å². The minimum Gasteiger partial charge on any atom is -0.478 e. The van der Waals surface area contributed by atoms with Gasteiger partial charge < -0.3 is 5.11 Å². The molecule has 1 aromatic heterocycles. The molecule has 0 radical (unpaired) electrons. The number of hydrogen-bond donors (Lipinski definition) is 1. The van der Waals surface area contributed by atoms with Gasteiger partial charge in [0.15, 0.2) is 0 Å². The Hall–Kier alpha value is -2.43. The molecule has 0 bridgehead atoms. The van der Waals surface area contributed by atoms with E-state index in [9.17, 15) is 14.3 Å². The van der Waals surface area contributed by atoms with Crippen molar-refractivity contribution in [2.24, 2.45) is 5.92 Å². The van der Waals surface area contributed by atoms with Crippen molar-refractivity contribution in [1.82, 2.24) is 4.98 Å². The second-order valence-corrected chi connectivity index (χ2v) is 8.15. The highest BCUT2D eigenvalue weighted by atomic mass is 35.5. The molecule has 0 saturated carbocycles. The van der Waals surface area contributed by atoms with Crippen LogP contribution in [0.25, 0.3) is 11.1 Å². The lowest BCUT2D eigenvalue weighted by Gasteiger charge is -2.16. The van der Waals surface area contributed by atoms with Gasteiger partial charge in [-0.2, -0.15) is 0 Å². The maximum absolute atomic E-state index is 13.4. The van der Waals surface area contributed by atoms with Gasteiger partial charge in [0, 0.05) is 27.7 Å². The molecule has 0 spiro atoms. The summed E-state index contributed by atoms with van der Waals surface area (Å²) in [5.74, 6) is -1.20. The van der Waals surface area contributed by atoms with Gasteiger partial charge in [-0.25, -0.2) is 9.18 Å². The number of pyridine rings is 1. The number of aromatic carboxylic acids is 1. The number of halogens is 3. The second kappa shape index (κ2) is 8.93. The van der Waals surface area contributed by atoms with E-state index in [1.54, 1.807) is 24.3 Å². The van der Waals surface area contributed by atoms with Gasteiger partial charge in [0.2, 0.25) is 0 Å². The first kappa shape index (κ1) is 21.3. The van der Waals surface area contributed by atoms with Gasteiger partial charge in [0.1, 0.15) is 5.82 Å². The van der Waals surface area contributed by atoms with Crippen molar-refractivity contribution < 1.29 is 14.3 Å². The van der Waals surface area contributed by atoms with Gasteiger partial charge in [-0.3, -0.25) is 4.98 Å². The molecular formula is C23H20Cl2FNO2. The van der Waals surface area contributed by atoms with Crippen LogP contribution in [0.5, 0.6) is 0 Å². The molecular weight excluding hydrogens is 412 g/mol. The minimum atomic E-state index is -1.08. The SMILES string of the molecule is CC(C)Cc1nc(Cc2ccc(F)cc2Cl)c(C(=O)O)cc1-c1cccc(Cl)c1. The van der Waals surface area contributed by atoms with E-state index in [1.165, 1.54) is 12.1 Å². The number of benzene rings is 2. The average Bonchev–Trinajstić information content (AvgIpc) is 2.63. The molecule has 3 rings (SSSR count). The summed E-state index contributed by atoms with van der Waals surface area (Å²) >= 11 is 12.3. The lowest BCUT2D eigenvalue weighted by atomic mass is 9.94. The zero-order chi connectivity index (χ0) is 21.1. The number of carboxylic acids is 1.